The summed E-state index contributed by atoms with van der Waals surface area (Å²) in [4.78, 5) is 40.8. The third kappa shape index (κ3) is 5.18. The molecule has 7 heteroatoms. The van der Waals surface area contributed by atoms with E-state index in [1.807, 2.05) is 4.90 Å². The van der Waals surface area contributed by atoms with E-state index in [0.717, 1.165) is 50.7 Å². The number of carbonyl (C=O) groups excluding carboxylic acids is 1. The molecule has 0 radical (unpaired) electrons. The molecular formula is C22H35N3O4. The molecular weight excluding hydrogens is 370 g/mol. The maximum absolute atomic E-state index is 12.2. The number of carbonyl (C=O) groups is 1. The Kier molecular flexibility index (Phi) is 7.33. The van der Waals surface area contributed by atoms with Gasteiger partial charge in [0.1, 0.15) is 11.4 Å². The molecule has 0 aromatic heterocycles. The average molecular weight is 406 g/mol. The molecule has 1 aromatic rings. The minimum Gasteiger partial charge on any atom is -0.466 e. The summed E-state index contributed by atoms with van der Waals surface area (Å²) in [6.07, 6.45) is 3.81. The van der Waals surface area contributed by atoms with Crippen molar-refractivity contribution in [3.63, 3.8) is 0 Å². The number of nitrogens with zero attached hydrogens (tertiary/aromatic N) is 2. The van der Waals surface area contributed by atoms with Crippen LogP contribution < -0.4 is 21.1 Å². The van der Waals surface area contributed by atoms with Crippen LogP contribution >= 0.6 is 0 Å². The van der Waals surface area contributed by atoms with Gasteiger partial charge in [-0.2, -0.15) is 0 Å². The second-order valence-electron chi connectivity index (χ2n) is 8.91. The second-order valence-corrected chi connectivity index (χ2v) is 8.91. The van der Waals surface area contributed by atoms with E-state index < -0.39 is 10.9 Å². The minimum atomic E-state index is -0.435. The van der Waals surface area contributed by atoms with Crippen LogP contribution in [0.15, 0.2) is 9.59 Å². The number of ether oxygens (including phenoxy) is 1. The zero-order valence-electron chi connectivity index (χ0n) is 18.0. The molecule has 3 rings (SSSR count). The molecule has 0 saturated carbocycles. The number of esters is 1. The Morgan fingerprint density at radius 3 is 2.55 bits per heavy atom. The molecule has 3 unspecified atom stereocenters. The molecule has 1 N–H and O–H groups in total. The zero-order valence-corrected chi connectivity index (χ0v) is 18.0. The molecule has 0 spiro atoms. The van der Waals surface area contributed by atoms with Crippen molar-refractivity contribution in [1.29, 1.82) is 0 Å². The highest BCUT2D eigenvalue weighted by molar-refractivity contribution is 5.78. The summed E-state index contributed by atoms with van der Waals surface area (Å²) in [5, 5.41) is 3.20. The van der Waals surface area contributed by atoms with Gasteiger partial charge in [-0.3, -0.25) is 14.4 Å². The molecule has 2 saturated heterocycles. The summed E-state index contributed by atoms with van der Waals surface area (Å²) in [6, 6.07) is 0. The number of piperidine rings is 2. The van der Waals surface area contributed by atoms with Gasteiger partial charge in [-0.1, -0.05) is 13.8 Å². The number of hydrogen-bond acceptors (Lipinski definition) is 7. The molecule has 2 fully saturated rings. The van der Waals surface area contributed by atoms with E-state index in [9.17, 15) is 14.4 Å². The van der Waals surface area contributed by atoms with Gasteiger partial charge in [0.05, 0.1) is 12.5 Å². The number of anilines is 2. The Bertz CT molecular complexity index is 761. The predicted octanol–water partition coefficient (Wildman–Crippen LogP) is 1.84. The first kappa shape index (κ1) is 21.8. The molecule has 2 aliphatic rings. The lowest BCUT2D eigenvalue weighted by Crippen LogP contribution is -2.48. The number of hydrogen-bond donors (Lipinski definition) is 1. The highest BCUT2D eigenvalue weighted by Gasteiger charge is 2.32. The first-order valence-corrected chi connectivity index (χ1v) is 11.1. The zero-order chi connectivity index (χ0) is 21.0. The van der Waals surface area contributed by atoms with Gasteiger partial charge in [0.15, 0.2) is 0 Å². The first-order valence-electron chi connectivity index (χ1n) is 11.1. The summed E-state index contributed by atoms with van der Waals surface area (Å²) in [5.74, 6) is 1.02. The Labute approximate surface area is 173 Å². The highest BCUT2D eigenvalue weighted by atomic mass is 16.5. The fourth-order valence-electron chi connectivity index (χ4n) is 4.97. The van der Waals surface area contributed by atoms with Crippen LogP contribution in [-0.2, 0) is 9.53 Å². The van der Waals surface area contributed by atoms with E-state index in [1.54, 1.807) is 6.92 Å². The highest BCUT2D eigenvalue weighted by Crippen LogP contribution is 2.27. The lowest BCUT2D eigenvalue weighted by Gasteiger charge is -2.35. The second kappa shape index (κ2) is 9.74. The van der Waals surface area contributed by atoms with E-state index in [-0.39, 0.29) is 11.9 Å². The van der Waals surface area contributed by atoms with Crippen LogP contribution in [0, 0.1) is 17.8 Å². The van der Waals surface area contributed by atoms with Crippen molar-refractivity contribution in [2.24, 2.45) is 17.8 Å². The lowest BCUT2D eigenvalue weighted by atomic mass is 9.92. The van der Waals surface area contributed by atoms with Gasteiger partial charge in [0.25, 0.3) is 10.9 Å². The third-order valence-corrected chi connectivity index (χ3v) is 6.14. The van der Waals surface area contributed by atoms with Crippen LogP contribution in [0.1, 0.15) is 46.5 Å². The van der Waals surface area contributed by atoms with Gasteiger partial charge in [-0.05, 0) is 51.0 Å². The van der Waals surface area contributed by atoms with E-state index >= 15 is 0 Å². The monoisotopic (exact) mass is 405 g/mol. The molecule has 162 valence electrons. The van der Waals surface area contributed by atoms with E-state index in [1.165, 1.54) is 6.42 Å². The van der Waals surface area contributed by atoms with Crippen molar-refractivity contribution in [3.05, 3.63) is 20.4 Å². The fraction of sp³-hybridized carbons (Fsp3) is 0.773. The van der Waals surface area contributed by atoms with E-state index in [2.05, 4.69) is 24.1 Å². The van der Waals surface area contributed by atoms with Crippen LogP contribution in [0.25, 0.3) is 0 Å². The third-order valence-electron chi connectivity index (χ3n) is 6.14. The van der Waals surface area contributed by atoms with E-state index in [4.69, 9.17) is 4.74 Å². The minimum absolute atomic E-state index is 0.213. The molecule has 0 amide bonds. The molecule has 2 aliphatic heterocycles. The maximum atomic E-state index is 12.2. The summed E-state index contributed by atoms with van der Waals surface area (Å²) in [7, 11) is 0. The van der Waals surface area contributed by atoms with Gasteiger partial charge >= 0.3 is 5.97 Å². The Hall–Kier alpha value is -1.89. The molecule has 0 aliphatic carbocycles. The predicted molar refractivity (Wildman–Crippen MR) is 115 cm³/mol. The van der Waals surface area contributed by atoms with Gasteiger partial charge in [-0.25, -0.2) is 0 Å². The molecule has 2 heterocycles. The molecule has 1 aromatic carbocycles. The van der Waals surface area contributed by atoms with Crippen molar-refractivity contribution in [3.8, 4) is 0 Å². The fourth-order valence-corrected chi connectivity index (χ4v) is 4.97. The normalized spacial score (nSPS) is 25.9. The van der Waals surface area contributed by atoms with Crippen LogP contribution in [0.3, 0.4) is 0 Å². The van der Waals surface area contributed by atoms with Crippen molar-refractivity contribution in [2.45, 2.75) is 46.5 Å². The average Bonchev–Trinajstić information content (AvgIpc) is 2.69. The SMILES string of the molecule is CCOC(=O)C1CCCN(c2c(NCCCN3CC(C)CC(C)C3)c(=O)c2=O)C1. The Morgan fingerprint density at radius 2 is 1.86 bits per heavy atom. The van der Waals surface area contributed by atoms with Gasteiger partial charge in [0, 0.05) is 32.7 Å². The largest absolute Gasteiger partial charge is 0.466 e. The van der Waals surface area contributed by atoms with Crippen LogP contribution in [-0.4, -0.2) is 56.7 Å². The molecule has 29 heavy (non-hydrogen) atoms. The summed E-state index contributed by atoms with van der Waals surface area (Å²) in [5.41, 5.74) is 0.0262. The van der Waals surface area contributed by atoms with Crippen LogP contribution in [0.5, 0.6) is 0 Å². The van der Waals surface area contributed by atoms with Crippen molar-refractivity contribution >= 4 is 17.3 Å². The number of likely N-dealkylation sites (tertiary alicyclic amines) is 1. The first-order chi connectivity index (χ1) is 13.9. The van der Waals surface area contributed by atoms with Crippen molar-refractivity contribution in [1.82, 2.24) is 4.90 Å². The van der Waals surface area contributed by atoms with Gasteiger partial charge < -0.3 is 19.9 Å². The van der Waals surface area contributed by atoms with Crippen molar-refractivity contribution < 1.29 is 9.53 Å². The topological polar surface area (TPSA) is 79.0 Å². The lowest BCUT2D eigenvalue weighted by molar-refractivity contribution is -0.148. The summed E-state index contributed by atoms with van der Waals surface area (Å²) in [6.45, 7) is 11.8. The quantitative estimate of drug-likeness (QED) is 0.402. The molecule has 7 nitrogen and oxygen atoms in total. The van der Waals surface area contributed by atoms with Crippen LogP contribution in [0.4, 0.5) is 11.4 Å². The van der Waals surface area contributed by atoms with Crippen molar-refractivity contribution in [2.75, 3.05) is 56.1 Å². The Balaban J connectivity index is 1.53. The van der Waals surface area contributed by atoms with Gasteiger partial charge in [0.2, 0.25) is 0 Å². The van der Waals surface area contributed by atoms with E-state index in [0.29, 0.717) is 37.6 Å². The number of rotatable bonds is 8. The summed E-state index contributed by atoms with van der Waals surface area (Å²) < 4.78 is 5.13. The Morgan fingerprint density at radius 1 is 1.14 bits per heavy atom. The molecule has 3 atom stereocenters. The smallest absolute Gasteiger partial charge is 0.310 e. The maximum Gasteiger partial charge on any atom is 0.310 e. The number of nitrogens with one attached hydrogen (secondary N) is 1. The van der Waals surface area contributed by atoms with Crippen LogP contribution in [0.2, 0.25) is 0 Å². The summed E-state index contributed by atoms with van der Waals surface area (Å²) >= 11 is 0. The van der Waals surface area contributed by atoms with Gasteiger partial charge in [-0.15, -0.1) is 0 Å². The standard InChI is InChI=1S/C22H35N3O4/c1-4-29-22(28)17-7-5-10-25(14-17)19-18(20(26)21(19)27)23-8-6-9-24-12-15(2)11-16(3)13-24/h15-17,23H,4-14H2,1-3H3. The molecule has 0 bridgehead atoms.